The number of thiophene rings is 1. The molecule has 0 saturated carbocycles. The summed E-state index contributed by atoms with van der Waals surface area (Å²) >= 11 is 1.91. The first-order valence-corrected chi connectivity index (χ1v) is 18.4. The van der Waals surface area contributed by atoms with E-state index in [1.165, 1.54) is 107 Å². The highest BCUT2D eigenvalue weighted by molar-refractivity contribution is 7.26. The molecule has 10 aromatic carbocycles. The Morgan fingerprint density at radius 3 is 1.57 bits per heavy atom. The van der Waals surface area contributed by atoms with Crippen LogP contribution in [-0.2, 0) is 0 Å². The molecule has 1 heteroatoms. The highest BCUT2D eigenvalue weighted by Crippen LogP contribution is 2.47. The quantitative estimate of drug-likeness (QED) is 0.165. The Kier molecular flexibility index (Phi) is 6.22. The van der Waals surface area contributed by atoms with Gasteiger partial charge in [0, 0.05) is 20.2 Å². The van der Waals surface area contributed by atoms with Crippen LogP contribution in [0.2, 0.25) is 0 Å². The molecule has 0 N–H and O–H groups in total. The SMILES string of the molecule is c1ccc(-c2c3ccccc3c(-c3ccc(-c4ccc5c(ccc6c5sc5ccc7ccccc7c56)c4)c4ccccc34)c3ccccc23)cc1. The zero-order valence-electron chi connectivity index (χ0n) is 27.7. The van der Waals surface area contributed by atoms with Crippen LogP contribution < -0.4 is 0 Å². The first-order chi connectivity index (χ1) is 25.3. The molecule has 0 saturated heterocycles. The monoisotopic (exact) mass is 662 g/mol. The van der Waals surface area contributed by atoms with E-state index < -0.39 is 0 Å². The van der Waals surface area contributed by atoms with E-state index in [0.29, 0.717) is 0 Å². The molecular weight excluding hydrogens is 633 g/mol. The zero-order chi connectivity index (χ0) is 33.5. The summed E-state index contributed by atoms with van der Waals surface area (Å²) in [6.07, 6.45) is 0. The molecule has 0 atom stereocenters. The van der Waals surface area contributed by atoms with Crippen molar-refractivity contribution in [2.75, 3.05) is 0 Å². The van der Waals surface area contributed by atoms with Crippen molar-refractivity contribution in [2.45, 2.75) is 0 Å². The van der Waals surface area contributed by atoms with Crippen LogP contribution >= 0.6 is 11.3 Å². The fourth-order valence-electron chi connectivity index (χ4n) is 8.60. The molecule has 0 spiro atoms. The zero-order valence-corrected chi connectivity index (χ0v) is 28.5. The maximum Gasteiger partial charge on any atom is 0.0434 e. The number of hydrogen-bond donors (Lipinski definition) is 0. The second-order valence-electron chi connectivity index (χ2n) is 13.6. The third-order valence-electron chi connectivity index (χ3n) is 10.8. The van der Waals surface area contributed by atoms with Gasteiger partial charge < -0.3 is 0 Å². The van der Waals surface area contributed by atoms with Gasteiger partial charge >= 0.3 is 0 Å². The van der Waals surface area contributed by atoms with Crippen LogP contribution in [0.1, 0.15) is 0 Å². The molecule has 1 aromatic heterocycles. The molecule has 236 valence electrons. The van der Waals surface area contributed by atoms with Crippen molar-refractivity contribution in [3.05, 3.63) is 182 Å². The molecule has 11 aromatic rings. The van der Waals surface area contributed by atoms with Gasteiger partial charge in [0.05, 0.1) is 0 Å². The minimum absolute atomic E-state index is 1.24. The smallest absolute Gasteiger partial charge is 0.0434 e. The summed E-state index contributed by atoms with van der Waals surface area (Å²) in [5, 5.41) is 15.6. The third-order valence-corrected chi connectivity index (χ3v) is 12.0. The van der Waals surface area contributed by atoms with Gasteiger partial charge in [-0.25, -0.2) is 0 Å². The van der Waals surface area contributed by atoms with Gasteiger partial charge in [-0.1, -0.05) is 170 Å². The maximum absolute atomic E-state index is 2.39. The third kappa shape index (κ3) is 4.26. The summed E-state index contributed by atoms with van der Waals surface area (Å²) in [4.78, 5) is 0. The molecule has 0 unspecified atom stereocenters. The van der Waals surface area contributed by atoms with Crippen LogP contribution in [0.3, 0.4) is 0 Å². The summed E-state index contributed by atoms with van der Waals surface area (Å²) in [6.45, 7) is 0. The van der Waals surface area contributed by atoms with E-state index in [1.54, 1.807) is 0 Å². The Labute approximate surface area is 299 Å². The average molecular weight is 663 g/mol. The van der Waals surface area contributed by atoms with E-state index in [4.69, 9.17) is 0 Å². The van der Waals surface area contributed by atoms with E-state index in [9.17, 15) is 0 Å². The van der Waals surface area contributed by atoms with E-state index in [1.807, 2.05) is 11.3 Å². The standard InChI is InChI=1S/C50H30S/c1-2-13-32(14-3-1)47-40-18-8-10-20-42(40)48(43-21-11-9-19-41(43)47)44-28-27-35(38-16-6-7-17-39(38)44)33-22-25-37-34(30-33)23-26-45-49-36-15-5-4-12-31(36)24-29-46(49)51-50(37)45/h1-30H. The molecule has 11 rings (SSSR count). The van der Waals surface area contributed by atoms with E-state index in [-0.39, 0.29) is 0 Å². The Balaban J connectivity index is 1.13. The molecule has 0 nitrogen and oxygen atoms in total. The van der Waals surface area contributed by atoms with Gasteiger partial charge in [0.15, 0.2) is 0 Å². The Morgan fingerprint density at radius 1 is 0.294 bits per heavy atom. The molecule has 0 fully saturated rings. The van der Waals surface area contributed by atoms with Gasteiger partial charge in [0.25, 0.3) is 0 Å². The van der Waals surface area contributed by atoms with Crippen molar-refractivity contribution in [3.8, 4) is 33.4 Å². The average Bonchev–Trinajstić information content (AvgIpc) is 3.60. The molecule has 51 heavy (non-hydrogen) atoms. The van der Waals surface area contributed by atoms with Crippen molar-refractivity contribution in [3.63, 3.8) is 0 Å². The fourth-order valence-corrected chi connectivity index (χ4v) is 9.86. The topological polar surface area (TPSA) is 0 Å². The van der Waals surface area contributed by atoms with Crippen molar-refractivity contribution >= 4 is 85.4 Å². The van der Waals surface area contributed by atoms with Crippen molar-refractivity contribution in [2.24, 2.45) is 0 Å². The lowest BCUT2D eigenvalue weighted by Crippen LogP contribution is -1.92. The number of benzene rings is 10. The van der Waals surface area contributed by atoms with E-state index in [2.05, 4.69) is 182 Å². The number of hydrogen-bond acceptors (Lipinski definition) is 1. The predicted octanol–water partition coefficient (Wildman–Crippen LogP) is 14.8. The molecular formula is C50H30S. The molecule has 0 aliphatic carbocycles. The summed E-state index contributed by atoms with van der Waals surface area (Å²) in [5.41, 5.74) is 7.60. The van der Waals surface area contributed by atoms with Gasteiger partial charge in [0.2, 0.25) is 0 Å². The van der Waals surface area contributed by atoms with Crippen LogP contribution in [0.5, 0.6) is 0 Å². The second kappa shape index (κ2) is 11.1. The van der Waals surface area contributed by atoms with Gasteiger partial charge in [-0.3, -0.25) is 0 Å². The first kappa shape index (κ1) is 28.5. The van der Waals surface area contributed by atoms with E-state index in [0.717, 1.165) is 0 Å². The second-order valence-corrected chi connectivity index (χ2v) is 14.6. The summed E-state index contributed by atoms with van der Waals surface area (Å²) < 4.78 is 2.71. The Bertz CT molecular complexity index is 3130. The highest BCUT2D eigenvalue weighted by Gasteiger charge is 2.19. The van der Waals surface area contributed by atoms with Crippen LogP contribution in [0.25, 0.3) is 107 Å². The van der Waals surface area contributed by atoms with Gasteiger partial charge in [-0.05, 0) is 99.4 Å². The van der Waals surface area contributed by atoms with Crippen LogP contribution in [0.4, 0.5) is 0 Å². The summed E-state index contributed by atoms with van der Waals surface area (Å²) in [7, 11) is 0. The lowest BCUT2D eigenvalue weighted by molar-refractivity contribution is 1.66. The lowest BCUT2D eigenvalue weighted by atomic mass is 9.84. The molecule has 0 radical (unpaired) electrons. The van der Waals surface area contributed by atoms with Crippen LogP contribution in [0, 0.1) is 0 Å². The van der Waals surface area contributed by atoms with Gasteiger partial charge in [0.1, 0.15) is 0 Å². The summed E-state index contributed by atoms with van der Waals surface area (Å²) in [6, 6.07) is 67.4. The normalized spacial score (nSPS) is 11.9. The highest BCUT2D eigenvalue weighted by atomic mass is 32.1. The number of fused-ring (bicyclic) bond motifs is 10. The van der Waals surface area contributed by atoms with Crippen LogP contribution in [-0.4, -0.2) is 0 Å². The first-order valence-electron chi connectivity index (χ1n) is 17.6. The molecule has 0 aliphatic rings. The van der Waals surface area contributed by atoms with Gasteiger partial charge in [-0.15, -0.1) is 11.3 Å². The Morgan fingerprint density at radius 2 is 0.843 bits per heavy atom. The van der Waals surface area contributed by atoms with E-state index >= 15 is 0 Å². The van der Waals surface area contributed by atoms with Crippen molar-refractivity contribution < 1.29 is 0 Å². The molecule has 0 bridgehead atoms. The lowest BCUT2D eigenvalue weighted by Gasteiger charge is -2.19. The Hall–Kier alpha value is -6.28. The summed E-state index contributed by atoms with van der Waals surface area (Å²) in [5.74, 6) is 0. The minimum Gasteiger partial charge on any atom is -0.135 e. The number of rotatable bonds is 3. The van der Waals surface area contributed by atoms with Crippen LogP contribution in [0.15, 0.2) is 182 Å². The largest absolute Gasteiger partial charge is 0.135 e. The maximum atomic E-state index is 2.39. The van der Waals surface area contributed by atoms with Crippen molar-refractivity contribution in [1.29, 1.82) is 0 Å². The molecule has 0 amide bonds. The molecule has 1 heterocycles. The minimum atomic E-state index is 1.24. The predicted molar refractivity (Wildman–Crippen MR) is 223 cm³/mol. The molecule has 0 aliphatic heterocycles. The van der Waals surface area contributed by atoms with Crippen molar-refractivity contribution in [1.82, 2.24) is 0 Å². The van der Waals surface area contributed by atoms with Gasteiger partial charge in [-0.2, -0.15) is 0 Å². The fraction of sp³-hybridized carbons (Fsp3) is 0.